The zero-order chi connectivity index (χ0) is 23.9. The van der Waals surface area contributed by atoms with E-state index in [4.69, 9.17) is 14.2 Å². The van der Waals surface area contributed by atoms with Crippen molar-refractivity contribution in [3.05, 3.63) is 24.3 Å². The maximum Gasteiger partial charge on any atom is 0.407 e. The van der Waals surface area contributed by atoms with Crippen molar-refractivity contribution in [1.29, 1.82) is 0 Å². The summed E-state index contributed by atoms with van der Waals surface area (Å²) >= 11 is 0. The van der Waals surface area contributed by atoms with E-state index in [9.17, 15) is 19.2 Å². The third-order valence-corrected chi connectivity index (χ3v) is 4.86. The van der Waals surface area contributed by atoms with Gasteiger partial charge in [0.1, 0.15) is 13.2 Å². The SMILES string of the molecule is C=C(C)C(=O)OCCNC(=O)NC1CCC(CCOC(=O)NCCOC(=O)C(=C)C)CC1. The van der Waals surface area contributed by atoms with Gasteiger partial charge in [-0.05, 0) is 51.9 Å². The van der Waals surface area contributed by atoms with Crippen LogP contribution >= 0.6 is 0 Å². The Morgan fingerprint density at radius 1 is 0.781 bits per heavy atom. The smallest absolute Gasteiger partial charge is 0.407 e. The van der Waals surface area contributed by atoms with Crippen molar-refractivity contribution in [2.45, 2.75) is 52.0 Å². The van der Waals surface area contributed by atoms with Crippen molar-refractivity contribution in [1.82, 2.24) is 16.0 Å². The maximum atomic E-state index is 11.9. The molecule has 0 heterocycles. The maximum absolute atomic E-state index is 11.9. The number of alkyl carbamates (subject to hydrolysis) is 1. The van der Waals surface area contributed by atoms with Crippen LogP contribution in [0.3, 0.4) is 0 Å². The second-order valence-corrected chi connectivity index (χ2v) is 7.80. The summed E-state index contributed by atoms with van der Waals surface area (Å²) in [5.41, 5.74) is 0.624. The van der Waals surface area contributed by atoms with E-state index in [1.54, 1.807) is 13.8 Å². The van der Waals surface area contributed by atoms with E-state index in [1.807, 2.05) is 0 Å². The second-order valence-electron chi connectivity index (χ2n) is 7.80. The zero-order valence-corrected chi connectivity index (χ0v) is 19.0. The van der Waals surface area contributed by atoms with Gasteiger partial charge in [0, 0.05) is 17.2 Å². The minimum absolute atomic E-state index is 0.0605. The lowest BCUT2D eigenvalue weighted by Gasteiger charge is -2.29. The summed E-state index contributed by atoms with van der Waals surface area (Å²) in [6, 6.07) is -0.191. The number of rotatable bonds is 12. The number of hydrogen-bond acceptors (Lipinski definition) is 7. The van der Waals surface area contributed by atoms with E-state index in [1.165, 1.54) is 0 Å². The quantitative estimate of drug-likeness (QED) is 0.179. The number of urea groups is 1. The lowest BCUT2D eigenvalue weighted by atomic mass is 9.84. The Bertz CT molecular complexity index is 685. The van der Waals surface area contributed by atoms with E-state index in [0.717, 1.165) is 32.1 Å². The lowest BCUT2D eigenvalue weighted by Crippen LogP contribution is -2.44. The summed E-state index contributed by atoms with van der Waals surface area (Å²) in [5, 5.41) is 8.11. The minimum Gasteiger partial charge on any atom is -0.460 e. The highest BCUT2D eigenvalue weighted by Crippen LogP contribution is 2.26. The Morgan fingerprint density at radius 3 is 1.84 bits per heavy atom. The predicted octanol–water partition coefficient (Wildman–Crippen LogP) is 2.20. The molecule has 10 nitrogen and oxygen atoms in total. The van der Waals surface area contributed by atoms with E-state index < -0.39 is 18.0 Å². The molecule has 10 heteroatoms. The van der Waals surface area contributed by atoms with E-state index >= 15 is 0 Å². The first-order valence-corrected chi connectivity index (χ1v) is 10.8. The Balaban J connectivity index is 2.05. The van der Waals surface area contributed by atoms with Gasteiger partial charge < -0.3 is 30.2 Å². The molecule has 1 rings (SSSR count). The van der Waals surface area contributed by atoms with Crippen molar-refractivity contribution in [2.75, 3.05) is 32.9 Å². The molecule has 0 saturated heterocycles. The standard InChI is InChI=1S/C22H35N3O7/c1-15(2)19(26)30-13-10-23-21(28)25-18-7-5-17(6-8-18)9-12-32-22(29)24-11-14-31-20(27)16(3)4/h17-18H,1,3,5-14H2,2,4H3,(H,24,29)(H2,23,25,28). The molecule has 1 saturated carbocycles. The van der Waals surface area contributed by atoms with Gasteiger partial charge in [0.25, 0.3) is 0 Å². The minimum atomic E-state index is -0.544. The molecular weight excluding hydrogens is 418 g/mol. The zero-order valence-electron chi connectivity index (χ0n) is 19.0. The van der Waals surface area contributed by atoms with Crippen molar-refractivity contribution in [2.24, 2.45) is 5.92 Å². The van der Waals surface area contributed by atoms with Crippen LogP contribution in [0.1, 0.15) is 46.0 Å². The normalized spacial score (nSPS) is 17.4. The molecule has 0 aromatic rings. The molecule has 32 heavy (non-hydrogen) atoms. The molecule has 0 aliphatic heterocycles. The molecule has 0 spiro atoms. The molecule has 3 amide bonds. The summed E-state index contributed by atoms with van der Waals surface area (Å²) < 4.78 is 14.9. The molecule has 0 unspecified atom stereocenters. The summed E-state index contributed by atoms with van der Waals surface area (Å²) in [4.78, 5) is 46.0. The Morgan fingerprint density at radius 2 is 1.31 bits per heavy atom. The van der Waals surface area contributed by atoms with Crippen LogP contribution in [0.25, 0.3) is 0 Å². The van der Waals surface area contributed by atoms with Crippen molar-refractivity contribution < 1.29 is 33.4 Å². The number of esters is 2. The topological polar surface area (TPSA) is 132 Å². The first kappa shape index (κ1) is 27.0. The summed E-state index contributed by atoms with van der Waals surface area (Å²) in [6.07, 6.45) is 3.78. The lowest BCUT2D eigenvalue weighted by molar-refractivity contribution is -0.139. The highest BCUT2D eigenvalue weighted by atomic mass is 16.6. The number of amides is 3. The molecule has 1 aliphatic carbocycles. The van der Waals surface area contributed by atoms with Crippen molar-refractivity contribution >= 4 is 24.1 Å². The summed E-state index contributed by atoms with van der Waals surface area (Å²) in [6.45, 7) is 10.9. The van der Waals surface area contributed by atoms with Crippen LogP contribution in [0.5, 0.6) is 0 Å². The molecule has 1 aliphatic rings. The van der Waals surface area contributed by atoms with Crippen LogP contribution in [0.4, 0.5) is 9.59 Å². The summed E-state index contributed by atoms with van der Waals surface area (Å²) in [5.74, 6) is -0.537. The first-order chi connectivity index (χ1) is 15.2. The van der Waals surface area contributed by atoms with Gasteiger partial charge >= 0.3 is 24.1 Å². The number of carbonyl (C=O) groups is 4. The predicted molar refractivity (Wildman–Crippen MR) is 118 cm³/mol. The third-order valence-electron chi connectivity index (χ3n) is 4.86. The fraction of sp³-hybridized carbons (Fsp3) is 0.636. The van der Waals surface area contributed by atoms with Crippen molar-refractivity contribution in [3.63, 3.8) is 0 Å². The molecule has 0 aromatic carbocycles. The first-order valence-electron chi connectivity index (χ1n) is 10.8. The molecule has 0 aromatic heterocycles. The fourth-order valence-corrected chi connectivity index (χ4v) is 3.05. The van der Waals surface area contributed by atoms with Crippen LogP contribution in [0.15, 0.2) is 24.3 Å². The Hall–Kier alpha value is -3.04. The van der Waals surface area contributed by atoms with Crippen LogP contribution in [-0.4, -0.2) is 63.0 Å². The Labute approximate surface area is 189 Å². The van der Waals surface area contributed by atoms with Crippen LogP contribution in [0, 0.1) is 5.92 Å². The van der Waals surface area contributed by atoms with E-state index in [-0.39, 0.29) is 38.4 Å². The monoisotopic (exact) mass is 453 g/mol. The molecule has 180 valence electrons. The number of hydrogen-bond donors (Lipinski definition) is 3. The van der Waals surface area contributed by atoms with Gasteiger partial charge in [0.05, 0.1) is 19.7 Å². The number of carbonyl (C=O) groups excluding carboxylic acids is 4. The third kappa shape index (κ3) is 12.0. The highest BCUT2D eigenvalue weighted by Gasteiger charge is 2.22. The average molecular weight is 454 g/mol. The van der Waals surface area contributed by atoms with Gasteiger partial charge in [-0.2, -0.15) is 0 Å². The molecular formula is C22H35N3O7. The second kappa shape index (κ2) is 14.9. The van der Waals surface area contributed by atoms with Gasteiger partial charge in [-0.3, -0.25) is 0 Å². The van der Waals surface area contributed by atoms with Gasteiger partial charge in [0.2, 0.25) is 0 Å². The average Bonchev–Trinajstić information content (AvgIpc) is 2.75. The van der Waals surface area contributed by atoms with Crippen LogP contribution in [0.2, 0.25) is 0 Å². The fourth-order valence-electron chi connectivity index (χ4n) is 3.05. The molecule has 3 N–H and O–H groups in total. The molecule has 0 radical (unpaired) electrons. The van der Waals surface area contributed by atoms with Gasteiger partial charge in [-0.1, -0.05) is 13.2 Å². The van der Waals surface area contributed by atoms with Gasteiger partial charge in [-0.25, -0.2) is 19.2 Å². The van der Waals surface area contributed by atoms with Crippen LogP contribution in [-0.2, 0) is 23.8 Å². The van der Waals surface area contributed by atoms with E-state index in [0.29, 0.717) is 23.7 Å². The Kier molecular flexibility index (Phi) is 12.5. The molecule has 1 fully saturated rings. The molecule has 0 atom stereocenters. The largest absolute Gasteiger partial charge is 0.460 e. The highest BCUT2D eigenvalue weighted by molar-refractivity contribution is 5.87. The molecule has 0 bridgehead atoms. The van der Waals surface area contributed by atoms with Gasteiger partial charge in [-0.15, -0.1) is 0 Å². The summed E-state index contributed by atoms with van der Waals surface area (Å²) in [7, 11) is 0. The van der Waals surface area contributed by atoms with Crippen LogP contribution < -0.4 is 16.0 Å². The number of nitrogens with one attached hydrogen (secondary N) is 3. The van der Waals surface area contributed by atoms with E-state index in [2.05, 4.69) is 29.1 Å². The van der Waals surface area contributed by atoms with Gasteiger partial charge in [0.15, 0.2) is 0 Å². The number of ether oxygens (including phenoxy) is 3. The van der Waals surface area contributed by atoms with Crippen molar-refractivity contribution in [3.8, 4) is 0 Å².